The van der Waals surface area contributed by atoms with Crippen molar-refractivity contribution in [2.24, 2.45) is 0 Å². The number of carbonyl (C=O) groups excluding carboxylic acids is 1. The molecule has 0 aromatic carbocycles. The predicted octanol–water partition coefficient (Wildman–Crippen LogP) is 4.36. The van der Waals surface area contributed by atoms with E-state index in [1.165, 1.54) is 0 Å². The Hall–Kier alpha value is -3.29. The molecule has 0 saturated carbocycles. The molecule has 0 atom stereocenters. The summed E-state index contributed by atoms with van der Waals surface area (Å²) in [5.74, 6) is 2.42. The first-order valence-corrected chi connectivity index (χ1v) is 10.7. The van der Waals surface area contributed by atoms with Gasteiger partial charge in [0.1, 0.15) is 23.0 Å². The van der Waals surface area contributed by atoms with Crippen molar-refractivity contribution in [2.75, 3.05) is 18.4 Å². The molecule has 0 bridgehead atoms. The number of nitrogens with one attached hydrogen (secondary N) is 1. The Morgan fingerprint density at radius 1 is 1.13 bits per heavy atom. The van der Waals surface area contributed by atoms with E-state index >= 15 is 0 Å². The Labute approximate surface area is 182 Å². The number of rotatable bonds is 5. The number of hydrogen-bond acceptors (Lipinski definition) is 7. The van der Waals surface area contributed by atoms with Crippen molar-refractivity contribution >= 4 is 17.5 Å². The third-order valence-electron chi connectivity index (χ3n) is 5.65. The summed E-state index contributed by atoms with van der Waals surface area (Å²) in [6.45, 7) is 9.14. The van der Waals surface area contributed by atoms with E-state index in [2.05, 4.69) is 20.4 Å². The van der Waals surface area contributed by atoms with Crippen LogP contribution in [0, 0.1) is 13.8 Å². The predicted molar refractivity (Wildman–Crippen MR) is 117 cm³/mol. The molecule has 1 fully saturated rings. The van der Waals surface area contributed by atoms with E-state index in [0.29, 0.717) is 30.2 Å². The number of aryl methyl sites for hydroxylation is 2. The summed E-state index contributed by atoms with van der Waals surface area (Å²) in [6.07, 6.45) is 5.20. The lowest BCUT2D eigenvalue weighted by Crippen LogP contribution is -2.38. The molecule has 162 valence electrons. The summed E-state index contributed by atoms with van der Waals surface area (Å²) in [5, 5.41) is 7.32. The standard InChI is InChI=1S/C23H28N6O2/c1-14(2)22-21(16(4)31-28-22)23(30)29-10-8-17(9-11-29)18-12-24-13-20(26-18)27-19-7-5-6-15(3)25-19/h5-7,12-14,17H,8-11H2,1-4H3,(H,25,26,27). The van der Waals surface area contributed by atoms with Crippen LogP contribution in [0.15, 0.2) is 35.1 Å². The van der Waals surface area contributed by atoms with Gasteiger partial charge in [0.15, 0.2) is 0 Å². The van der Waals surface area contributed by atoms with Crippen LogP contribution in [0.1, 0.15) is 71.7 Å². The summed E-state index contributed by atoms with van der Waals surface area (Å²) >= 11 is 0. The van der Waals surface area contributed by atoms with E-state index in [0.717, 1.165) is 35.7 Å². The average molecular weight is 421 g/mol. The summed E-state index contributed by atoms with van der Waals surface area (Å²) in [7, 11) is 0. The van der Waals surface area contributed by atoms with Gasteiger partial charge in [0.25, 0.3) is 5.91 Å². The summed E-state index contributed by atoms with van der Waals surface area (Å²) in [5.41, 5.74) is 3.23. The van der Waals surface area contributed by atoms with Crippen molar-refractivity contribution in [1.29, 1.82) is 0 Å². The molecule has 1 N–H and O–H groups in total. The maximum atomic E-state index is 13.1. The number of nitrogens with zero attached hydrogens (tertiary/aromatic N) is 5. The van der Waals surface area contributed by atoms with E-state index in [4.69, 9.17) is 9.51 Å². The van der Waals surface area contributed by atoms with E-state index < -0.39 is 0 Å². The number of piperidine rings is 1. The van der Waals surface area contributed by atoms with Gasteiger partial charge in [-0.3, -0.25) is 9.78 Å². The van der Waals surface area contributed by atoms with Gasteiger partial charge in [0, 0.05) is 30.9 Å². The van der Waals surface area contributed by atoms with Crippen LogP contribution in [0.4, 0.5) is 11.6 Å². The maximum absolute atomic E-state index is 13.1. The van der Waals surface area contributed by atoms with Crippen LogP contribution in [0.2, 0.25) is 0 Å². The summed E-state index contributed by atoms with van der Waals surface area (Å²) in [6, 6.07) is 5.81. The Kier molecular flexibility index (Phi) is 5.97. The second-order valence-electron chi connectivity index (χ2n) is 8.34. The topological polar surface area (TPSA) is 97.0 Å². The molecule has 8 nitrogen and oxygen atoms in total. The highest BCUT2D eigenvalue weighted by Gasteiger charge is 2.30. The zero-order chi connectivity index (χ0) is 22.0. The molecule has 3 aromatic rings. The van der Waals surface area contributed by atoms with Crippen molar-refractivity contribution < 1.29 is 9.32 Å². The molecular weight excluding hydrogens is 392 g/mol. The fourth-order valence-electron chi connectivity index (χ4n) is 3.96. The largest absolute Gasteiger partial charge is 0.361 e. The molecule has 0 spiro atoms. The minimum absolute atomic E-state index is 0.00734. The zero-order valence-corrected chi connectivity index (χ0v) is 18.4. The smallest absolute Gasteiger partial charge is 0.259 e. The van der Waals surface area contributed by atoms with Crippen molar-refractivity contribution in [3.05, 3.63) is 59.0 Å². The first-order chi connectivity index (χ1) is 14.9. The molecule has 1 amide bonds. The highest BCUT2D eigenvalue weighted by Crippen LogP contribution is 2.30. The van der Waals surface area contributed by atoms with E-state index in [1.807, 2.05) is 50.1 Å². The second-order valence-corrected chi connectivity index (χ2v) is 8.34. The highest BCUT2D eigenvalue weighted by molar-refractivity contribution is 5.96. The number of likely N-dealkylation sites (tertiary alicyclic amines) is 1. The molecule has 1 saturated heterocycles. The van der Waals surface area contributed by atoms with Crippen molar-refractivity contribution in [1.82, 2.24) is 25.0 Å². The van der Waals surface area contributed by atoms with Crippen LogP contribution in [0.25, 0.3) is 0 Å². The lowest BCUT2D eigenvalue weighted by atomic mass is 9.93. The molecule has 3 aromatic heterocycles. The van der Waals surface area contributed by atoms with Crippen LogP contribution in [0.3, 0.4) is 0 Å². The number of anilines is 2. The third-order valence-corrected chi connectivity index (χ3v) is 5.65. The van der Waals surface area contributed by atoms with E-state index in [1.54, 1.807) is 13.1 Å². The van der Waals surface area contributed by atoms with E-state index in [-0.39, 0.29) is 17.7 Å². The Balaban J connectivity index is 1.42. The number of aromatic nitrogens is 4. The quantitative estimate of drug-likeness (QED) is 0.655. The van der Waals surface area contributed by atoms with Gasteiger partial charge in [-0.05, 0) is 44.7 Å². The van der Waals surface area contributed by atoms with Crippen molar-refractivity contribution in [3.8, 4) is 0 Å². The summed E-state index contributed by atoms with van der Waals surface area (Å²) in [4.78, 5) is 28.6. The molecular formula is C23H28N6O2. The molecule has 1 aliphatic rings. The normalized spacial score (nSPS) is 14.8. The lowest BCUT2D eigenvalue weighted by Gasteiger charge is -2.31. The van der Waals surface area contributed by atoms with Gasteiger partial charge in [0.2, 0.25) is 0 Å². The fourth-order valence-corrected chi connectivity index (χ4v) is 3.96. The van der Waals surface area contributed by atoms with Gasteiger partial charge in [-0.1, -0.05) is 25.1 Å². The molecule has 0 unspecified atom stereocenters. The third kappa shape index (κ3) is 4.57. The van der Waals surface area contributed by atoms with Gasteiger partial charge in [-0.25, -0.2) is 9.97 Å². The van der Waals surface area contributed by atoms with Gasteiger partial charge < -0.3 is 14.7 Å². The van der Waals surface area contributed by atoms with Gasteiger partial charge in [-0.2, -0.15) is 0 Å². The number of pyridine rings is 1. The number of hydrogen-bond donors (Lipinski definition) is 1. The SMILES string of the molecule is Cc1cccc(Nc2cncc(C3CCN(C(=O)c4c(C(C)C)noc4C)CC3)n2)n1. The van der Waals surface area contributed by atoms with Crippen LogP contribution in [-0.4, -0.2) is 44.0 Å². The van der Waals surface area contributed by atoms with Crippen LogP contribution in [-0.2, 0) is 0 Å². The second kappa shape index (κ2) is 8.83. The van der Waals surface area contributed by atoms with Gasteiger partial charge in [0.05, 0.1) is 17.6 Å². The monoisotopic (exact) mass is 420 g/mol. The first kappa shape index (κ1) is 21.0. The average Bonchev–Trinajstić information content (AvgIpc) is 3.15. The van der Waals surface area contributed by atoms with Crippen molar-refractivity contribution in [3.63, 3.8) is 0 Å². The lowest BCUT2D eigenvalue weighted by molar-refractivity contribution is 0.0709. The molecule has 4 rings (SSSR count). The molecule has 0 aliphatic carbocycles. The summed E-state index contributed by atoms with van der Waals surface area (Å²) < 4.78 is 5.30. The maximum Gasteiger partial charge on any atom is 0.259 e. The molecule has 1 aliphatic heterocycles. The van der Waals surface area contributed by atoms with Gasteiger partial charge in [-0.15, -0.1) is 0 Å². The van der Waals surface area contributed by atoms with Gasteiger partial charge >= 0.3 is 0 Å². The highest BCUT2D eigenvalue weighted by atomic mass is 16.5. The minimum Gasteiger partial charge on any atom is -0.361 e. The minimum atomic E-state index is 0.00734. The Morgan fingerprint density at radius 2 is 1.90 bits per heavy atom. The number of amides is 1. The molecule has 4 heterocycles. The van der Waals surface area contributed by atoms with Crippen LogP contribution >= 0.6 is 0 Å². The van der Waals surface area contributed by atoms with Crippen LogP contribution < -0.4 is 5.32 Å². The Morgan fingerprint density at radius 3 is 2.61 bits per heavy atom. The molecule has 31 heavy (non-hydrogen) atoms. The first-order valence-electron chi connectivity index (χ1n) is 10.7. The number of carbonyl (C=O) groups is 1. The molecule has 8 heteroatoms. The van der Waals surface area contributed by atoms with Crippen LogP contribution in [0.5, 0.6) is 0 Å². The van der Waals surface area contributed by atoms with Crippen molar-refractivity contribution in [2.45, 2.75) is 52.4 Å². The fraction of sp³-hybridized carbons (Fsp3) is 0.435. The molecule has 0 radical (unpaired) electrons. The van der Waals surface area contributed by atoms with E-state index in [9.17, 15) is 4.79 Å². The Bertz CT molecular complexity index is 1070. The zero-order valence-electron chi connectivity index (χ0n) is 18.4.